The largest absolute Gasteiger partial charge is 0.350 e. The third-order valence-corrected chi connectivity index (χ3v) is 4.82. The Morgan fingerprint density at radius 1 is 1.21 bits per heavy atom. The monoisotopic (exact) mass is 399 g/mol. The van der Waals surface area contributed by atoms with E-state index >= 15 is 0 Å². The first kappa shape index (κ1) is 18.2. The van der Waals surface area contributed by atoms with Crippen LogP contribution in [0, 0.1) is 5.82 Å². The van der Waals surface area contributed by atoms with Crippen molar-refractivity contribution in [1.82, 2.24) is 10.5 Å². The molecule has 1 saturated heterocycles. The second-order valence-corrected chi connectivity index (χ2v) is 6.79. The maximum atomic E-state index is 14.0. The van der Waals surface area contributed by atoms with E-state index in [1.165, 1.54) is 23.1 Å². The first-order chi connectivity index (χ1) is 13.5. The first-order valence-electron chi connectivity index (χ1n) is 8.60. The van der Waals surface area contributed by atoms with Crippen molar-refractivity contribution in [1.29, 1.82) is 0 Å². The minimum Gasteiger partial charge on any atom is -0.350 e. The van der Waals surface area contributed by atoms with Crippen LogP contribution in [0.2, 0.25) is 5.02 Å². The molecule has 3 aromatic rings. The zero-order valence-electron chi connectivity index (χ0n) is 14.6. The summed E-state index contributed by atoms with van der Waals surface area (Å²) < 4.78 is 19.1. The van der Waals surface area contributed by atoms with Crippen LogP contribution in [0.1, 0.15) is 17.0 Å². The smallest absolute Gasteiger partial charge is 0.290 e. The Kier molecular flexibility index (Phi) is 4.83. The van der Waals surface area contributed by atoms with E-state index in [1.54, 1.807) is 36.4 Å². The van der Waals surface area contributed by atoms with Gasteiger partial charge in [-0.15, -0.1) is 0 Å². The lowest BCUT2D eigenvalue weighted by atomic mass is 10.1. The molecule has 1 aliphatic rings. The van der Waals surface area contributed by atoms with Gasteiger partial charge in [-0.2, -0.15) is 0 Å². The average Bonchev–Trinajstić information content (AvgIpc) is 3.30. The van der Waals surface area contributed by atoms with Crippen LogP contribution in [0.25, 0.3) is 11.3 Å². The number of benzene rings is 2. The van der Waals surface area contributed by atoms with E-state index in [0.29, 0.717) is 16.3 Å². The highest BCUT2D eigenvalue weighted by atomic mass is 35.5. The van der Waals surface area contributed by atoms with Crippen molar-refractivity contribution < 1.29 is 18.5 Å². The van der Waals surface area contributed by atoms with Gasteiger partial charge in [0.1, 0.15) is 11.5 Å². The van der Waals surface area contributed by atoms with E-state index in [2.05, 4.69) is 10.5 Å². The molecule has 1 N–H and O–H groups in total. The number of nitrogens with zero attached hydrogens (tertiary/aromatic N) is 2. The average molecular weight is 400 g/mol. The number of halogens is 2. The third kappa shape index (κ3) is 3.48. The SMILES string of the molecule is O=C(NC1CC(=O)N(c2ccccc2F)C1)c1cc(-c2ccccc2Cl)no1. The Balaban J connectivity index is 1.46. The molecule has 0 spiro atoms. The quantitative estimate of drug-likeness (QED) is 0.726. The molecule has 1 atom stereocenters. The van der Waals surface area contributed by atoms with Crippen molar-refractivity contribution in [2.75, 3.05) is 11.4 Å². The Labute approximate surface area is 164 Å². The fourth-order valence-electron chi connectivity index (χ4n) is 3.14. The van der Waals surface area contributed by atoms with Crippen molar-refractivity contribution in [3.63, 3.8) is 0 Å². The number of aromatic nitrogens is 1. The summed E-state index contributed by atoms with van der Waals surface area (Å²) in [5, 5.41) is 7.11. The van der Waals surface area contributed by atoms with E-state index in [0.717, 1.165) is 0 Å². The predicted octanol–water partition coefficient (Wildman–Crippen LogP) is 3.67. The lowest BCUT2D eigenvalue weighted by molar-refractivity contribution is -0.117. The fourth-order valence-corrected chi connectivity index (χ4v) is 3.37. The first-order valence-corrected chi connectivity index (χ1v) is 8.98. The van der Waals surface area contributed by atoms with E-state index in [-0.39, 0.29) is 30.3 Å². The summed E-state index contributed by atoms with van der Waals surface area (Å²) in [6.07, 6.45) is 0.0750. The molecule has 1 unspecified atom stereocenters. The molecule has 0 radical (unpaired) electrons. The van der Waals surface area contributed by atoms with Crippen LogP contribution in [0.4, 0.5) is 10.1 Å². The van der Waals surface area contributed by atoms with Crippen LogP contribution < -0.4 is 10.2 Å². The van der Waals surface area contributed by atoms with Gasteiger partial charge in [0.05, 0.1) is 16.8 Å². The van der Waals surface area contributed by atoms with Gasteiger partial charge in [0.15, 0.2) is 0 Å². The highest BCUT2D eigenvalue weighted by Gasteiger charge is 2.33. The molecular formula is C20H15ClFN3O3. The molecule has 2 amide bonds. The standard InChI is InChI=1S/C20H15ClFN3O3/c21-14-6-2-1-5-13(14)16-10-18(28-24-16)20(27)23-12-9-19(26)25(11-12)17-8-4-3-7-15(17)22/h1-8,10,12H,9,11H2,(H,23,27). The minimum atomic E-state index is -0.501. The van der Waals surface area contributed by atoms with Gasteiger partial charge >= 0.3 is 0 Å². The number of hydrogen-bond donors (Lipinski definition) is 1. The van der Waals surface area contributed by atoms with Crippen LogP contribution in [0.5, 0.6) is 0 Å². The molecule has 2 aromatic carbocycles. The number of para-hydroxylation sites is 1. The van der Waals surface area contributed by atoms with E-state index in [4.69, 9.17) is 16.1 Å². The lowest BCUT2D eigenvalue weighted by Gasteiger charge is -2.17. The molecule has 6 nitrogen and oxygen atoms in total. The maximum absolute atomic E-state index is 14.0. The number of carbonyl (C=O) groups is 2. The zero-order chi connectivity index (χ0) is 19.7. The Hall–Kier alpha value is -3.19. The van der Waals surface area contributed by atoms with Crippen molar-refractivity contribution >= 4 is 29.1 Å². The van der Waals surface area contributed by atoms with Gasteiger partial charge in [-0.25, -0.2) is 4.39 Å². The van der Waals surface area contributed by atoms with Gasteiger partial charge in [0, 0.05) is 24.6 Å². The summed E-state index contributed by atoms with van der Waals surface area (Å²) in [7, 11) is 0. The van der Waals surface area contributed by atoms with Gasteiger partial charge in [0.2, 0.25) is 11.7 Å². The normalized spacial score (nSPS) is 16.4. The Bertz CT molecular complexity index is 1050. The van der Waals surface area contributed by atoms with Gasteiger partial charge in [-0.3, -0.25) is 9.59 Å². The lowest BCUT2D eigenvalue weighted by Crippen LogP contribution is -2.37. The molecule has 1 fully saturated rings. The molecule has 28 heavy (non-hydrogen) atoms. The van der Waals surface area contributed by atoms with Crippen molar-refractivity contribution in [2.24, 2.45) is 0 Å². The van der Waals surface area contributed by atoms with Gasteiger partial charge in [-0.1, -0.05) is 47.1 Å². The van der Waals surface area contributed by atoms with E-state index in [9.17, 15) is 14.0 Å². The van der Waals surface area contributed by atoms with Crippen LogP contribution in [0.3, 0.4) is 0 Å². The zero-order valence-corrected chi connectivity index (χ0v) is 15.3. The van der Waals surface area contributed by atoms with Crippen molar-refractivity contribution in [3.8, 4) is 11.3 Å². The molecule has 1 aromatic heterocycles. The summed E-state index contributed by atoms with van der Waals surface area (Å²) in [5.41, 5.74) is 1.28. The summed E-state index contributed by atoms with van der Waals surface area (Å²) in [6.45, 7) is 0.178. The Morgan fingerprint density at radius 2 is 1.96 bits per heavy atom. The number of nitrogens with one attached hydrogen (secondary N) is 1. The summed E-state index contributed by atoms with van der Waals surface area (Å²) in [6, 6.07) is 14.1. The predicted molar refractivity (Wildman–Crippen MR) is 102 cm³/mol. The number of carbonyl (C=O) groups excluding carboxylic acids is 2. The molecule has 0 saturated carbocycles. The fraction of sp³-hybridized carbons (Fsp3) is 0.150. The summed E-state index contributed by atoms with van der Waals surface area (Å²) >= 11 is 6.13. The van der Waals surface area contributed by atoms with E-state index in [1.807, 2.05) is 0 Å². The molecule has 0 aliphatic carbocycles. The van der Waals surface area contributed by atoms with Crippen LogP contribution in [-0.4, -0.2) is 29.6 Å². The molecule has 1 aliphatic heterocycles. The number of anilines is 1. The molecule has 8 heteroatoms. The third-order valence-electron chi connectivity index (χ3n) is 4.49. The highest BCUT2D eigenvalue weighted by molar-refractivity contribution is 6.33. The maximum Gasteiger partial charge on any atom is 0.290 e. The van der Waals surface area contributed by atoms with Crippen molar-refractivity contribution in [3.05, 3.63) is 71.2 Å². The van der Waals surface area contributed by atoms with Gasteiger partial charge in [0.25, 0.3) is 5.91 Å². The molecule has 2 heterocycles. The molecule has 4 rings (SSSR count). The number of amides is 2. The van der Waals surface area contributed by atoms with Gasteiger partial charge in [-0.05, 0) is 18.2 Å². The summed E-state index contributed by atoms with van der Waals surface area (Å²) in [4.78, 5) is 26.0. The number of rotatable bonds is 4. The molecular weight excluding hydrogens is 385 g/mol. The van der Waals surface area contributed by atoms with Gasteiger partial charge < -0.3 is 14.7 Å². The Morgan fingerprint density at radius 3 is 2.75 bits per heavy atom. The molecule has 142 valence electrons. The molecule has 0 bridgehead atoms. The highest BCUT2D eigenvalue weighted by Crippen LogP contribution is 2.27. The topological polar surface area (TPSA) is 75.4 Å². The second-order valence-electron chi connectivity index (χ2n) is 6.39. The van der Waals surface area contributed by atoms with Crippen LogP contribution >= 0.6 is 11.6 Å². The second kappa shape index (κ2) is 7.44. The van der Waals surface area contributed by atoms with Crippen molar-refractivity contribution in [2.45, 2.75) is 12.5 Å². The van der Waals surface area contributed by atoms with E-state index < -0.39 is 17.8 Å². The number of hydrogen-bond acceptors (Lipinski definition) is 4. The minimum absolute atomic E-state index is 0.00621. The van der Waals surface area contributed by atoms with Crippen LogP contribution in [0.15, 0.2) is 59.1 Å². The summed E-state index contributed by atoms with van der Waals surface area (Å²) in [5.74, 6) is -1.24. The van der Waals surface area contributed by atoms with Crippen LogP contribution in [-0.2, 0) is 4.79 Å².